The Kier molecular flexibility index (Phi) is 6.22. The lowest BCUT2D eigenvalue weighted by molar-refractivity contribution is 0.0772. The first kappa shape index (κ1) is 20.5. The largest absolute Gasteiger partial charge is 0.419 e. The fourth-order valence-electron chi connectivity index (χ4n) is 3.48. The van der Waals surface area contributed by atoms with E-state index in [0.717, 1.165) is 24.0 Å². The Balaban J connectivity index is 1.44. The molecule has 31 heavy (non-hydrogen) atoms. The molecule has 3 aromatic carbocycles. The van der Waals surface area contributed by atoms with E-state index >= 15 is 0 Å². The summed E-state index contributed by atoms with van der Waals surface area (Å²) in [6.07, 6.45) is 1.69. The molecule has 0 aliphatic carbocycles. The van der Waals surface area contributed by atoms with E-state index in [0.29, 0.717) is 17.3 Å². The van der Waals surface area contributed by atoms with Gasteiger partial charge in [0.15, 0.2) is 0 Å². The molecule has 4 aromatic rings. The maximum atomic E-state index is 13.1. The topological polar surface area (TPSA) is 59.2 Å². The third-order valence-electron chi connectivity index (χ3n) is 5.26. The van der Waals surface area contributed by atoms with Crippen LogP contribution >= 0.6 is 0 Å². The summed E-state index contributed by atoms with van der Waals surface area (Å²) in [5, 5.41) is 8.25. The van der Waals surface area contributed by atoms with Crippen LogP contribution in [-0.2, 0) is 19.4 Å². The lowest BCUT2D eigenvalue weighted by atomic mass is 9.99. The maximum Gasteiger partial charge on any atom is 0.254 e. The van der Waals surface area contributed by atoms with Gasteiger partial charge in [-0.05, 0) is 49.1 Å². The van der Waals surface area contributed by atoms with Crippen molar-refractivity contribution in [2.45, 2.75) is 26.3 Å². The number of hydrogen-bond donors (Lipinski definition) is 0. The van der Waals surface area contributed by atoms with Crippen molar-refractivity contribution in [3.8, 4) is 11.5 Å². The highest BCUT2D eigenvalue weighted by Crippen LogP contribution is 2.20. The highest BCUT2D eigenvalue weighted by Gasteiger charge is 2.18. The number of amides is 1. The molecule has 1 heterocycles. The summed E-state index contributed by atoms with van der Waals surface area (Å²) in [6, 6.07) is 26.0. The summed E-state index contributed by atoms with van der Waals surface area (Å²) >= 11 is 0. The van der Waals surface area contributed by atoms with Gasteiger partial charge in [0.05, 0.1) is 6.54 Å². The van der Waals surface area contributed by atoms with Crippen LogP contribution in [0.4, 0.5) is 0 Å². The standard InChI is InChI=1S/C26H25N3O2/c1-19-12-15-22(16-13-19)25-28-27-24(31-25)18-29(2)26(30)23-11-7-6-10-21(23)17-14-20-8-4-3-5-9-20/h3-13,15-16H,14,17-18H2,1-2H3. The Bertz CT molecular complexity index is 1150. The predicted molar refractivity (Wildman–Crippen MR) is 121 cm³/mol. The van der Waals surface area contributed by atoms with Gasteiger partial charge in [-0.3, -0.25) is 4.79 Å². The van der Waals surface area contributed by atoms with Crippen LogP contribution in [0.1, 0.15) is 32.9 Å². The van der Waals surface area contributed by atoms with Crippen molar-refractivity contribution in [2.24, 2.45) is 0 Å². The zero-order valence-electron chi connectivity index (χ0n) is 17.8. The molecule has 1 aromatic heterocycles. The molecule has 4 rings (SSSR count). The van der Waals surface area contributed by atoms with Crippen LogP contribution in [0.2, 0.25) is 0 Å². The Morgan fingerprint density at radius 1 is 0.871 bits per heavy atom. The summed E-state index contributed by atoms with van der Waals surface area (Å²) in [5.41, 5.74) is 5.03. The van der Waals surface area contributed by atoms with Gasteiger partial charge in [0.1, 0.15) is 0 Å². The molecule has 0 bridgehead atoms. The molecule has 0 saturated heterocycles. The van der Waals surface area contributed by atoms with Crippen LogP contribution in [0.3, 0.4) is 0 Å². The highest BCUT2D eigenvalue weighted by molar-refractivity contribution is 5.95. The third-order valence-corrected chi connectivity index (χ3v) is 5.26. The van der Waals surface area contributed by atoms with Gasteiger partial charge >= 0.3 is 0 Å². The monoisotopic (exact) mass is 411 g/mol. The van der Waals surface area contributed by atoms with Gasteiger partial charge in [-0.2, -0.15) is 0 Å². The molecule has 0 radical (unpaired) electrons. The second kappa shape index (κ2) is 9.39. The van der Waals surface area contributed by atoms with Crippen molar-refractivity contribution < 1.29 is 9.21 Å². The van der Waals surface area contributed by atoms with Crippen LogP contribution in [0.25, 0.3) is 11.5 Å². The molecule has 5 nitrogen and oxygen atoms in total. The van der Waals surface area contributed by atoms with Crippen molar-refractivity contribution in [2.75, 3.05) is 7.05 Å². The van der Waals surface area contributed by atoms with E-state index in [1.165, 1.54) is 11.1 Å². The average Bonchev–Trinajstić information content (AvgIpc) is 3.27. The smallest absolute Gasteiger partial charge is 0.254 e. The number of carbonyl (C=O) groups is 1. The molecule has 0 fully saturated rings. The van der Waals surface area contributed by atoms with Crippen LogP contribution in [0.15, 0.2) is 83.3 Å². The number of rotatable bonds is 7. The zero-order chi connectivity index (χ0) is 21.6. The van der Waals surface area contributed by atoms with Gasteiger partial charge < -0.3 is 9.32 Å². The van der Waals surface area contributed by atoms with Gasteiger partial charge in [-0.15, -0.1) is 10.2 Å². The van der Waals surface area contributed by atoms with Crippen LogP contribution in [0, 0.1) is 6.92 Å². The minimum absolute atomic E-state index is 0.0567. The molecule has 0 N–H and O–H groups in total. The molecule has 0 atom stereocenters. The number of nitrogens with zero attached hydrogens (tertiary/aromatic N) is 3. The second-order valence-corrected chi connectivity index (χ2v) is 7.67. The van der Waals surface area contributed by atoms with E-state index in [9.17, 15) is 4.79 Å². The van der Waals surface area contributed by atoms with Crippen molar-refractivity contribution in [3.63, 3.8) is 0 Å². The number of aromatic nitrogens is 2. The predicted octanol–water partition coefficient (Wildman–Crippen LogP) is 5.10. The van der Waals surface area contributed by atoms with E-state index < -0.39 is 0 Å². The lowest BCUT2D eigenvalue weighted by Gasteiger charge is -2.17. The summed E-state index contributed by atoms with van der Waals surface area (Å²) in [7, 11) is 1.76. The molecular weight excluding hydrogens is 386 g/mol. The molecule has 1 amide bonds. The Labute approximate surface area is 182 Å². The summed E-state index contributed by atoms with van der Waals surface area (Å²) in [6.45, 7) is 2.28. The minimum Gasteiger partial charge on any atom is -0.419 e. The molecule has 0 saturated carbocycles. The van der Waals surface area contributed by atoms with Crippen molar-refractivity contribution in [1.82, 2.24) is 15.1 Å². The van der Waals surface area contributed by atoms with Gasteiger partial charge in [-0.1, -0.05) is 66.2 Å². The van der Waals surface area contributed by atoms with Crippen molar-refractivity contribution >= 4 is 5.91 Å². The summed E-state index contributed by atoms with van der Waals surface area (Å²) < 4.78 is 5.79. The fourth-order valence-corrected chi connectivity index (χ4v) is 3.48. The van der Waals surface area contributed by atoms with Gasteiger partial charge in [0.25, 0.3) is 5.91 Å². The number of aryl methyl sites for hydroxylation is 3. The molecular formula is C26H25N3O2. The third kappa shape index (κ3) is 5.07. The Morgan fingerprint density at radius 3 is 2.35 bits per heavy atom. The average molecular weight is 412 g/mol. The summed E-state index contributed by atoms with van der Waals surface area (Å²) in [5.74, 6) is 0.811. The molecule has 0 aliphatic rings. The summed E-state index contributed by atoms with van der Waals surface area (Å²) in [4.78, 5) is 14.8. The quantitative estimate of drug-likeness (QED) is 0.424. The maximum absolute atomic E-state index is 13.1. The van der Waals surface area contributed by atoms with Crippen LogP contribution < -0.4 is 0 Å². The van der Waals surface area contributed by atoms with Gasteiger partial charge in [0, 0.05) is 18.2 Å². The van der Waals surface area contributed by atoms with E-state index in [1.807, 2.05) is 73.7 Å². The normalized spacial score (nSPS) is 10.8. The molecule has 0 aliphatic heterocycles. The number of carbonyl (C=O) groups excluding carboxylic acids is 1. The fraction of sp³-hybridized carbons (Fsp3) is 0.192. The lowest BCUT2D eigenvalue weighted by Crippen LogP contribution is -2.27. The molecule has 5 heteroatoms. The van der Waals surface area contributed by atoms with Gasteiger partial charge in [0.2, 0.25) is 11.8 Å². The van der Waals surface area contributed by atoms with E-state index in [1.54, 1.807) is 11.9 Å². The first-order chi connectivity index (χ1) is 15.1. The van der Waals surface area contributed by atoms with Crippen molar-refractivity contribution in [1.29, 1.82) is 0 Å². The van der Waals surface area contributed by atoms with Crippen LogP contribution in [-0.4, -0.2) is 28.1 Å². The second-order valence-electron chi connectivity index (χ2n) is 7.67. The SMILES string of the molecule is Cc1ccc(-c2nnc(CN(C)C(=O)c3ccccc3CCc3ccccc3)o2)cc1. The zero-order valence-corrected chi connectivity index (χ0v) is 17.8. The molecule has 0 unspecified atom stereocenters. The van der Waals surface area contributed by atoms with Crippen molar-refractivity contribution in [3.05, 3.63) is 107 Å². The van der Waals surface area contributed by atoms with E-state index in [4.69, 9.17) is 4.42 Å². The number of hydrogen-bond acceptors (Lipinski definition) is 4. The van der Waals surface area contributed by atoms with E-state index in [2.05, 4.69) is 22.3 Å². The highest BCUT2D eigenvalue weighted by atomic mass is 16.4. The van der Waals surface area contributed by atoms with Gasteiger partial charge in [-0.25, -0.2) is 0 Å². The first-order valence-electron chi connectivity index (χ1n) is 10.4. The number of benzene rings is 3. The first-order valence-corrected chi connectivity index (χ1v) is 10.4. The van der Waals surface area contributed by atoms with E-state index in [-0.39, 0.29) is 12.5 Å². The molecule has 0 spiro atoms. The Hall–Kier alpha value is -3.73. The Morgan fingerprint density at radius 2 is 1.58 bits per heavy atom. The van der Waals surface area contributed by atoms with Crippen LogP contribution in [0.5, 0.6) is 0 Å². The minimum atomic E-state index is -0.0567. The molecule has 156 valence electrons.